The number of methoxy groups -OCH3 is 1. The van der Waals surface area contributed by atoms with E-state index in [1.165, 1.54) is 11.1 Å². The Kier molecular flexibility index (Phi) is 6.03. The van der Waals surface area contributed by atoms with Gasteiger partial charge in [-0.15, -0.1) is 0 Å². The smallest absolute Gasteiger partial charge is 0.122 e. The average molecular weight is 267 g/mol. The van der Waals surface area contributed by atoms with E-state index in [1.54, 1.807) is 7.11 Å². The Morgan fingerprint density at radius 2 is 2.00 bits per heavy atom. The minimum absolute atomic E-state index is 0.151. The standard InChI is InChI=1S/C15H25NOS/c1-6-18-11-13-9-12(7-8-14(13)17-5)10-16-15(2,3)4/h7-9,16H,6,10-11H2,1-5H3. The lowest BCUT2D eigenvalue weighted by atomic mass is 10.1. The molecule has 1 rings (SSSR count). The fraction of sp³-hybridized carbons (Fsp3) is 0.600. The zero-order chi connectivity index (χ0) is 13.6. The summed E-state index contributed by atoms with van der Waals surface area (Å²) in [5.74, 6) is 3.15. The molecule has 0 heterocycles. The number of ether oxygens (including phenoxy) is 1. The lowest BCUT2D eigenvalue weighted by Gasteiger charge is -2.21. The number of hydrogen-bond donors (Lipinski definition) is 1. The van der Waals surface area contributed by atoms with Gasteiger partial charge in [-0.05, 0) is 44.2 Å². The van der Waals surface area contributed by atoms with Gasteiger partial charge in [-0.1, -0.05) is 13.0 Å². The van der Waals surface area contributed by atoms with E-state index in [0.717, 1.165) is 23.8 Å². The molecule has 0 aliphatic carbocycles. The van der Waals surface area contributed by atoms with Crippen LogP contribution < -0.4 is 10.1 Å². The van der Waals surface area contributed by atoms with Crippen LogP contribution >= 0.6 is 11.8 Å². The van der Waals surface area contributed by atoms with Gasteiger partial charge in [0.25, 0.3) is 0 Å². The minimum Gasteiger partial charge on any atom is -0.496 e. The predicted molar refractivity (Wildman–Crippen MR) is 81.4 cm³/mol. The number of thioether (sulfide) groups is 1. The molecule has 1 aromatic rings. The molecule has 2 nitrogen and oxygen atoms in total. The van der Waals surface area contributed by atoms with Crippen molar-refractivity contribution in [3.05, 3.63) is 29.3 Å². The maximum Gasteiger partial charge on any atom is 0.122 e. The quantitative estimate of drug-likeness (QED) is 0.846. The minimum atomic E-state index is 0.151. The third-order valence-corrected chi connectivity index (χ3v) is 3.55. The number of nitrogens with one attached hydrogen (secondary N) is 1. The second kappa shape index (κ2) is 7.05. The molecule has 0 fully saturated rings. The first-order chi connectivity index (χ1) is 8.46. The molecule has 0 saturated heterocycles. The van der Waals surface area contributed by atoms with Gasteiger partial charge in [0.05, 0.1) is 7.11 Å². The Balaban J connectivity index is 2.75. The highest BCUT2D eigenvalue weighted by atomic mass is 32.2. The topological polar surface area (TPSA) is 21.3 Å². The van der Waals surface area contributed by atoms with Gasteiger partial charge in [-0.3, -0.25) is 0 Å². The van der Waals surface area contributed by atoms with Crippen molar-refractivity contribution in [2.75, 3.05) is 12.9 Å². The summed E-state index contributed by atoms with van der Waals surface area (Å²) < 4.78 is 5.41. The maximum atomic E-state index is 5.41. The van der Waals surface area contributed by atoms with Crippen molar-refractivity contribution in [2.45, 2.75) is 45.5 Å². The summed E-state index contributed by atoms with van der Waals surface area (Å²) in [7, 11) is 1.74. The first-order valence-electron chi connectivity index (χ1n) is 6.45. The normalized spacial score (nSPS) is 11.6. The largest absolute Gasteiger partial charge is 0.496 e. The summed E-state index contributed by atoms with van der Waals surface area (Å²) in [6.45, 7) is 9.64. The number of hydrogen-bond acceptors (Lipinski definition) is 3. The predicted octanol–water partition coefficient (Wildman–Crippen LogP) is 3.84. The Morgan fingerprint density at radius 1 is 1.28 bits per heavy atom. The van der Waals surface area contributed by atoms with Crippen molar-refractivity contribution in [1.82, 2.24) is 5.32 Å². The lowest BCUT2D eigenvalue weighted by Crippen LogP contribution is -2.35. The van der Waals surface area contributed by atoms with E-state index in [-0.39, 0.29) is 5.54 Å². The van der Waals surface area contributed by atoms with Crippen molar-refractivity contribution in [3.8, 4) is 5.75 Å². The van der Waals surface area contributed by atoms with Gasteiger partial charge in [0.2, 0.25) is 0 Å². The van der Waals surface area contributed by atoms with Gasteiger partial charge >= 0.3 is 0 Å². The lowest BCUT2D eigenvalue weighted by molar-refractivity contribution is 0.409. The number of benzene rings is 1. The highest BCUT2D eigenvalue weighted by molar-refractivity contribution is 7.98. The Bertz CT molecular complexity index is 371. The molecule has 1 N–H and O–H groups in total. The summed E-state index contributed by atoms with van der Waals surface area (Å²) in [5.41, 5.74) is 2.76. The molecule has 18 heavy (non-hydrogen) atoms. The SMILES string of the molecule is CCSCc1cc(CNC(C)(C)C)ccc1OC. The van der Waals surface area contributed by atoms with Crippen molar-refractivity contribution < 1.29 is 4.74 Å². The molecular weight excluding hydrogens is 242 g/mol. The first kappa shape index (κ1) is 15.4. The summed E-state index contributed by atoms with van der Waals surface area (Å²) in [6, 6.07) is 6.46. The summed E-state index contributed by atoms with van der Waals surface area (Å²) in [5, 5.41) is 3.51. The molecule has 0 radical (unpaired) electrons. The fourth-order valence-electron chi connectivity index (χ4n) is 1.63. The fourth-order valence-corrected chi connectivity index (χ4v) is 2.28. The van der Waals surface area contributed by atoms with E-state index in [9.17, 15) is 0 Å². The van der Waals surface area contributed by atoms with Gasteiger partial charge in [-0.25, -0.2) is 0 Å². The zero-order valence-corrected chi connectivity index (χ0v) is 13.0. The van der Waals surface area contributed by atoms with Crippen LogP contribution in [0.1, 0.15) is 38.8 Å². The molecule has 3 heteroatoms. The van der Waals surface area contributed by atoms with Gasteiger partial charge in [0, 0.05) is 23.4 Å². The second-order valence-electron chi connectivity index (χ2n) is 5.39. The van der Waals surface area contributed by atoms with Crippen molar-refractivity contribution in [2.24, 2.45) is 0 Å². The molecule has 102 valence electrons. The van der Waals surface area contributed by atoms with Gasteiger partial charge in [0.15, 0.2) is 0 Å². The molecule has 1 aromatic carbocycles. The van der Waals surface area contributed by atoms with Crippen LogP contribution in [0.4, 0.5) is 0 Å². The zero-order valence-electron chi connectivity index (χ0n) is 12.2. The van der Waals surface area contributed by atoms with E-state index in [4.69, 9.17) is 4.74 Å². The van der Waals surface area contributed by atoms with Crippen molar-refractivity contribution in [3.63, 3.8) is 0 Å². The maximum absolute atomic E-state index is 5.41. The Labute approximate surface area is 116 Å². The van der Waals surface area contributed by atoms with Crippen LogP contribution in [-0.2, 0) is 12.3 Å². The highest BCUT2D eigenvalue weighted by Crippen LogP contribution is 2.24. The van der Waals surface area contributed by atoms with Gasteiger partial charge in [-0.2, -0.15) is 11.8 Å². The van der Waals surface area contributed by atoms with E-state index in [0.29, 0.717) is 0 Å². The van der Waals surface area contributed by atoms with Crippen LogP contribution in [0.2, 0.25) is 0 Å². The van der Waals surface area contributed by atoms with Crippen molar-refractivity contribution in [1.29, 1.82) is 0 Å². The average Bonchev–Trinajstić information content (AvgIpc) is 2.33. The van der Waals surface area contributed by atoms with Crippen LogP contribution in [-0.4, -0.2) is 18.4 Å². The Hall–Kier alpha value is -0.670. The van der Waals surface area contributed by atoms with Crippen LogP contribution in [0, 0.1) is 0 Å². The second-order valence-corrected chi connectivity index (χ2v) is 6.66. The molecule has 0 unspecified atom stereocenters. The number of rotatable bonds is 6. The van der Waals surface area contributed by atoms with E-state index in [1.807, 2.05) is 11.8 Å². The molecule has 0 aliphatic rings. The van der Waals surface area contributed by atoms with Crippen LogP contribution in [0.15, 0.2) is 18.2 Å². The van der Waals surface area contributed by atoms with E-state index < -0.39 is 0 Å². The van der Waals surface area contributed by atoms with Crippen LogP contribution in [0.25, 0.3) is 0 Å². The van der Waals surface area contributed by atoms with Crippen LogP contribution in [0.5, 0.6) is 5.75 Å². The van der Waals surface area contributed by atoms with Gasteiger partial charge < -0.3 is 10.1 Å². The molecule has 0 atom stereocenters. The monoisotopic (exact) mass is 267 g/mol. The Morgan fingerprint density at radius 3 is 2.56 bits per heavy atom. The summed E-state index contributed by atoms with van der Waals surface area (Å²) in [6.07, 6.45) is 0. The van der Waals surface area contributed by atoms with E-state index in [2.05, 4.69) is 51.2 Å². The van der Waals surface area contributed by atoms with Gasteiger partial charge in [0.1, 0.15) is 5.75 Å². The van der Waals surface area contributed by atoms with E-state index >= 15 is 0 Å². The van der Waals surface area contributed by atoms with Crippen molar-refractivity contribution >= 4 is 11.8 Å². The summed E-state index contributed by atoms with van der Waals surface area (Å²) in [4.78, 5) is 0. The molecule has 0 bridgehead atoms. The molecule has 0 spiro atoms. The molecular formula is C15H25NOS. The highest BCUT2D eigenvalue weighted by Gasteiger charge is 2.10. The molecule has 0 saturated carbocycles. The summed E-state index contributed by atoms with van der Waals surface area (Å²) >= 11 is 1.92. The third kappa shape index (κ3) is 5.32. The molecule has 0 amide bonds. The third-order valence-electron chi connectivity index (χ3n) is 2.63. The molecule has 0 aliphatic heterocycles. The van der Waals surface area contributed by atoms with Crippen LogP contribution in [0.3, 0.4) is 0 Å². The first-order valence-corrected chi connectivity index (χ1v) is 7.60. The molecule has 0 aromatic heterocycles.